The van der Waals surface area contributed by atoms with E-state index in [1.165, 1.54) is 7.11 Å². The van der Waals surface area contributed by atoms with Crippen LogP contribution in [-0.2, 0) is 0 Å². The second kappa shape index (κ2) is 4.59. The molecular weight excluding hydrogens is 246 g/mol. The van der Waals surface area contributed by atoms with Crippen molar-refractivity contribution in [3.63, 3.8) is 0 Å². The van der Waals surface area contributed by atoms with Gasteiger partial charge in [0, 0.05) is 10.6 Å². The van der Waals surface area contributed by atoms with Crippen LogP contribution >= 0.6 is 23.8 Å². The molecule has 0 saturated heterocycles. The van der Waals surface area contributed by atoms with Gasteiger partial charge in [0.15, 0.2) is 0 Å². The summed E-state index contributed by atoms with van der Waals surface area (Å²) < 4.78 is 5.22. The van der Waals surface area contributed by atoms with Crippen LogP contribution in [0.2, 0.25) is 5.02 Å². The Morgan fingerprint density at radius 1 is 1.25 bits per heavy atom. The van der Waals surface area contributed by atoms with Crippen LogP contribution in [-0.4, -0.2) is 22.1 Å². The van der Waals surface area contributed by atoms with Crippen molar-refractivity contribution in [2.24, 2.45) is 0 Å². The van der Waals surface area contributed by atoms with Gasteiger partial charge in [-0.1, -0.05) is 11.6 Å². The highest BCUT2D eigenvalue weighted by atomic mass is 35.5. The summed E-state index contributed by atoms with van der Waals surface area (Å²) in [6.45, 7) is 0. The number of hydrogen-bond donors (Lipinski definition) is 1. The number of benzene rings is 1. The van der Waals surface area contributed by atoms with Crippen LogP contribution in [0.3, 0.4) is 0 Å². The number of nitrogens with zero attached hydrogens (tertiary/aromatic N) is 2. The zero-order valence-electron chi connectivity index (χ0n) is 8.40. The maximum Gasteiger partial charge on any atom is 0.297 e. The van der Waals surface area contributed by atoms with E-state index in [0.717, 1.165) is 5.56 Å². The predicted octanol–water partition coefficient (Wildman–Crippen LogP) is 2.86. The molecule has 2 rings (SSSR count). The van der Waals surface area contributed by atoms with Gasteiger partial charge in [-0.2, -0.15) is 4.98 Å². The van der Waals surface area contributed by atoms with Gasteiger partial charge in [-0.3, -0.25) is 4.98 Å². The molecule has 0 aliphatic rings. The van der Waals surface area contributed by atoms with Crippen molar-refractivity contribution in [1.82, 2.24) is 15.0 Å². The molecule has 0 atom stereocenters. The van der Waals surface area contributed by atoms with E-state index in [1.807, 2.05) is 12.1 Å². The minimum absolute atomic E-state index is 0.237. The topological polar surface area (TPSA) is 50.8 Å². The first-order chi connectivity index (χ1) is 7.69. The molecule has 6 heteroatoms. The van der Waals surface area contributed by atoms with E-state index < -0.39 is 0 Å². The number of ether oxygens (including phenoxy) is 1. The zero-order chi connectivity index (χ0) is 11.5. The van der Waals surface area contributed by atoms with Crippen LogP contribution < -0.4 is 4.74 Å². The molecule has 1 aromatic carbocycles. The number of H-pyrrole nitrogens is 1. The van der Waals surface area contributed by atoms with Crippen LogP contribution in [0.1, 0.15) is 0 Å². The normalized spacial score (nSPS) is 10.1. The smallest absolute Gasteiger partial charge is 0.297 e. The largest absolute Gasteiger partial charge is 0.468 e. The fraction of sp³-hybridized carbons (Fsp3) is 0.100. The van der Waals surface area contributed by atoms with E-state index in [0.29, 0.717) is 16.9 Å². The summed E-state index contributed by atoms with van der Waals surface area (Å²) in [7, 11) is 1.51. The van der Waals surface area contributed by atoms with Gasteiger partial charge in [-0.25, -0.2) is 4.98 Å². The molecule has 0 amide bonds. The fourth-order valence-electron chi connectivity index (χ4n) is 1.21. The Labute approximate surface area is 102 Å². The molecule has 1 aromatic heterocycles. The lowest BCUT2D eigenvalue weighted by molar-refractivity contribution is 0.378. The quantitative estimate of drug-likeness (QED) is 0.837. The summed E-state index contributed by atoms with van der Waals surface area (Å²) in [5, 5.41) is 0.670. The SMILES string of the molecule is COc1nc(=S)nc(-c2ccc(Cl)cc2)[nH]1. The summed E-state index contributed by atoms with van der Waals surface area (Å²) in [5.41, 5.74) is 0.871. The lowest BCUT2D eigenvalue weighted by atomic mass is 10.2. The Bertz CT molecular complexity index is 553. The number of methoxy groups -OCH3 is 1. The number of aromatic nitrogens is 3. The van der Waals surface area contributed by atoms with Gasteiger partial charge >= 0.3 is 0 Å². The highest BCUT2D eigenvalue weighted by Crippen LogP contribution is 2.18. The predicted molar refractivity (Wildman–Crippen MR) is 64.2 cm³/mol. The summed E-state index contributed by atoms with van der Waals surface area (Å²) in [6, 6.07) is 7.58. The average molecular weight is 254 g/mol. The summed E-state index contributed by atoms with van der Waals surface area (Å²) in [6.07, 6.45) is 0. The second-order valence-corrected chi connectivity index (χ2v) is 3.80. The minimum atomic E-state index is 0.237. The number of hydrogen-bond acceptors (Lipinski definition) is 4. The van der Waals surface area contributed by atoms with Crippen LogP contribution in [0, 0.1) is 4.77 Å². The Balaban J connectivity index is 2.51. The van der Waals surface area contributed by atoms with Crippen LogP contribution in [0.5, 0.6) is 6.01 Å². The highest BCUT2D eigenvalue weighted by molar-refractivity contribution is 7.71. The molecule has 82 valence electrons. The summed E-state index contributed by atoms with van der Waals surface area (Å²) in [4.78, 5) is 10.9. The third kappa shape index (κ3) is 2.37. The first-order valence-electron chi connectivity index (χ1n) is 4.47. The molecule has 0 aliphatic carbocycles. The van der Waals surface area contributed by atoms with Crippen LogP contribution in [0.25, 0.3) is 11.4 Å². The van der Waals surface area contributed by atoms with Crippen molar-refractivity contribution >= 4 is 23.8 Å². The molecule has 0 saturated carbocycles. The number of rotatable bonds is 2. The maximum atomic E-state index is 5.80. The molecule has 0 bridgehead atoms. The average Bonchev–Trinajstić information content (AvgIpc) is 2.29. The molecule has 4 nitrogen and oxygen atoms in total. The van der Waals surface area contributed by atoms with Gasteiger partial charge < -0.3 is 4.74 Å². The van der Waals surface area contributed by atoms with Gasteiger partial charge in [-0.05, 0) is 36.5 Å². The van der Waals surface area contributed by atoms with Crippen molar-refractivity contribution in [2.75, 3.05) is 7.11 Å². The Kier molecular flexibility index (Phi) is 3.17. The molecule has 0 radical (unpaired) electrons. The first kappa shape index (κ1) is 11.0. The van der Waals surface area contributed by atoms with Crippen molar-refractivity contribution < 1.29 is 4.74 Å². The molecule has 1 heterocycles. The lowest BCUT2D eigenvalue weighted by Crippen LogP contribution is -1.97. The Hall–Kier alpha value is -1.46. The third-order valence-corrected chi connectivity index (χ3v) is 2.38. The molecule has 0 spiro atoms. The van der Waals surface area contributed by atoms with Crippen molar-refractivity contribution in [3.05, 3.63) is 34.1 Å². The number of nitrogens with one attached hydrogen (secondary N) is 1. The van der Waals surface area contributed by atoms with Crippen molar-refractivity contribution in [1.29, 1.82) is 0 Å². The summed E-state index contributed by atoms with van der Waals surface area (Å²) >= 11 is 10.7. The van der Waals surface area contributed by atoms with Crippen LogP contribution in [0.4, 0.5) is 0 Å². The molecule has 0 unspecified atom stereocenters. The third-order valence-electron chi connectivity index (χ3n) is 1.94. The van der Waals surface area contributed by atoms with Gasteiger partial charge in [-0.15, -0.1) is 0 Å². The van der Waals surface area contributed by atoms with E-state index in [2.05, 4.69) is 15.0 Å². The summed E-state index contributed by atoms with van der Waals surface area (Å²) in [5.74, 6) is 0.605. The molecule has 0 aliphatic heterocycles. The van der Waals surface area contributed by atoms with Gasteiger partial charge in [0.2, 0.25) is 4.77 Å². The number of aromatic amines is 1. The van der Waals surface area contributed by atoms with Gasteiger partial charge in [0.1, 0.15) is 5.82 Å². The highest BCUT2D eigenvalue weighted by Gasteiger charge is 2.03. The maximum absolute atomic E-state index is 5.80. The molecule has 1 N–H and O–H groups in total. The molecule has 2 aromatic rings. The Morgan fingerprint density at radius 3 is 2.56 bits per heavy atom. The lowest BCUT2D eigenvalue weighted by Gasteiger charge is -2.03. The van der Waals surface area contributed by atoms with E-state index in [1.54, 1.807) is 12.1 Å². The van der Waals surface area contributed by atoms with Gasteiger partial charge in [0.25, 0.3) is 6.01 Å². The monoisotopic (exact) mass is 253 g/mol. The number of halogens is 1. The van der Waals surface area contributed by atoms with Crippen molar-refractivity contribution in [2.45, 2.75) is 0 Å². The minimum Gasteiger partial charge on any atom is -0.468 e. The van der Waals surface area contributed by atoms with E-state index in [4.69, 9.17) is 28.6 Å². The van der Waals surface area contributed by atoms with E-state index in [9.17, 15) is 0 Å². The first-order valence-corrected chi connectivity index (χ1v) is 5.26. The molecule has 16 heavy (non-hydrogen) atoms. The molecular formula is C10H8ClN3OS. The van der Waals surface area contributed by atoms with E-state index in [-0.39, 0.29) is 4.77 Å². The van der Waals surface area contributed by atoms with E-state index >= 15 is 0 Å². The zero-order valence-corrected chi connectivity index (χ0v) is 9.97. The Morgan fingerprint density at radius 2 is 1.94 bits per heavy atom. The second-order valence-electron chi connectivity index (χ2n) is 3.00. The van der Waals surface area contributed by atoms with Crippen LogP contribution in [0.15, 0.2) is 24.3 Å². The molecule has 0 fully saturated rings. The fourth-order valence-corrected chi connectivity index (χ4v) is 1.51. The standard InChI is InChI=1S/C10H8ClN3OS/c1-15-9-12-8(13-10(16)14-9)6-2-4-7(11)5-3-6/h2-5H,1H3,(H,12,13,14,16). The van der Waals surface area contributed by atoms with Crippen molar-refractivity contribution in [3.8, 4) is 17.4 Å². The van der Waals surface area contributed by atoms with Gasteiger partial charge in [0.05, 0.1) is 7.11 Å².